The standard InChI is InChI=1S/C12H18N2O/c1-4-10(13)12(15)14-11-8(2)6-5-7-9(11)3/h5-7,10H,4,13H2,1-3H3,(H,14,15)/t10-/m1/s1. The van der Waals surface area contributed by atoms with Crippen LogP contribution in [-0.4, -0.2) is 11.9 Å². The number of amides is 1. The molecule has 15 heavy (non-hydrogen) atoms. The van der Waals surface area contributed by atoms with Crippen LogP contribution in [-0.2, 0) is 4.79 Å². The smallest absolute Gasteiger partial charge is 0.241 e. The van der Waals surface area contributed by atoms with Crippen LogP contribution in [0.15, 0.2) is 18.2 Å². The summed E-state index contributed by atoms with van der Waals surface area (Å²) in [4.78, 5) is 11.6. The summed E-state index contributed by atoms with van der Waals surface area (Å²) in [6.07, 6.45) is 0.650. The van der Waals surface area contributed by atoms with Gasteiger partial charge in [0.15, 0.2) is 0 Å². The molecule has 1 amide bonds. The molecule has 0 saturated carbocycles. The largest absolute Gasteiger partial charge is 0.324 e. The third-order valence-corrected chi connectivity index (χ3v) is 2.51. The highest BCUT2D eigenvalue weighted by atomic mass is 16.2. The van der Waals surface area contributed by atoms with Crippen LogP contribution in [0.5, 0.6) is 0 Å². The van der Waals surface area contributed by atoms with Gasteiger partial charge in [-0.2, -0.15) is 0 Å². The first-order valence-corrected chi connectivity index (χ1v) is 5.19. The Hall–Kier alpha value is -1.35. The number of carbonyl (C=O) groups excluding carboxylic acids is 1. The molecule has 0 heterocycles. The van der Waals surface area contributed by atoms with Crippen molar-refractivity contribution in [3.63, 3.8) is 0 Å². The summed E-state index contributed by atoms with van der Waals surface area (Å²) in [6.45, 7) is 5.84. The molecular weight excluding hydrogens is 188 g/mol. The molecule has 0 spiro atoms. The van der Waals surface area contributed by atoms with Crippen molar-refractivity contribution in [1.82, 2.24) is 0 Å². The fourth-order valence-electron chi connectivity index (χ4n) is 1.41. The molecule has 0 bridgehead atoms. The number of hydrogen-bond acceptors (Lipinski definition) is 2. The summed E-state index contributed by atoms with van der Waals surface area (Å²) in [5, 5.41) is 2.87. The first-order valence-electron chi connectivity index (χ1n) is 5.19. The highest BCUT2D eigenvalue weighted by molar-refractivity contribution is 5.95. The average Bonchev–Trinajstić information content (AvgIpc) is 2.22. The van der Waals surface area contributed by atoms with E-state index < -0.39 is 6.04 Å². The molecule has 1 atom stereocenters. The molecule has 0 aliphatic rings. The average molecular weight is 206 g/mol. The Labute approximate surface area is 90.7 Å². The maximum Gasteiger partial charge on any atom is 0.241 e. The van der Waals surface area contributed by atoms with Crippen LogP contribution in [0.3, 0.4) is 0 Å². The third kappa shape index (κ3) is 2.80. The Morgan fingerprint density at radius 2 is 1.93 bits per heavy atom. The fraction of sp³-hybridized carbons (Fsp3) is 0.417. The van der Waals surface area contributed by atoms with Gasteiger partial charge in [-0.1, -0.05) is 25.1 Å². The van der Waals surface area contributed by atoms with E-state index in [1.54, 1.807) is 0 Å². The van der Waals surface area contributed by atoms with Gasteiger partial charge in [0.25, 0.3) is 0 Å². The van der Waals surface area contributed by atoms with Crippen molar-refractivity contribution in [3.05, 3.63) is 29.3 Å². The van der Waals surface area contributed by atoms with Crippen molar-refractivity contribution in [3.8, 4) is 0 Å². The molecule has 0 aliphatic carbocycles. The number of nitrogens with one attached hydrogen (secondary N) is 1. The zero-order valence-corrected chi connectivity index (χ0v) is 9.50. The van der Waals surface area contributed by atoms with Crippen LogP contribution in [0.4, 0.5) is 5.69 Å². The number of benzene rings is 1. The summed E-state index contributed by atoms with van der Waals surface area (Å²) < 4.78 is 0. The zero-order valence-electron chi connectivity index (χ0n) is 9.50. The summed E-state index contributed by atoms with van der Waals surface area (Å²) in [5.41, 5.74) is 8.66. The minimum Gasteiger partial charge on any atom is -0.324 e. The van der Waals surface area contributed by atoms with Crippen molar-refractivity contribution >= 4 is 11.6 Å². The summed E-state index contributed by atoms with van der Waals surface area (Å²) in [6, 6.07) is 5.49. The van der Waals surface area contributed by atoms with Crippen LogP contribution in [0, 0.1) is 13.8 Å². The van der Waals surface area contributed by atoms with Crippen LogP contribution in [0.1, 0.15) is 24.5 Å². The van der Waals surface area contributed by atoms with Gasteiger partial charge >= 0.3 is 0 Å². The molecule has 0 aromatic heterocycles. The van der Waals surface area contributed by atoms with Gasteiger partial charge in [-0.15, -0.1) is 0 Å². The Bertz CT molecular complexity index is 340. The van der Waals surface area contributed by atoms with Gasteiger partial charge in [0.2, 0.25) is 5.91 Å². The van der Waals surface area contributed by atoms with Crippen molar-refractivity contribution < 1.29 is 4.79 Å². The lowest BCUT2D eigenvalue weighted by Gasteiger charge is -2.14. The summed E-state index contributed by atoms with van der Waals surface area (Å²) >= 11 is 0. The lowest BCUT2D eigenvalue weighted by Crippen LogP contribution is -2.35. The van der Waals surface area contributed by atoms with Crippen molar-refractivity contribution in [2.75, 3.05) is 5.32 Å². The molecule has 0 fully saturated rings. The second-order valence-corrected chi connectivity index (χ2v) is 3.77. The molecule has 82 valence electrons. The summed E-state index contributed by atoms with van der Waals surface area (Å²) in [7, 11) is 0. The maximum absolute atomic E-state index is 11.6. The lowest BCUT2D eigenvalue weighted by molar-refractivity contribution is -0.117. The SMILES string of the molecule is CC[C@@H](N)C(=O)Nc1c(C)cccc1C. The maximum atomic E-state index is 11.6. The van der Waals surface area contributed by atoms with E-state index >= 15 is 0 Å². The van der Waals surface area contributed by atoms with Gasteiger partial charge in [0.05, 0.1) is 6.04 Å². The molecule has 3 heteroatoms. The minimum absolute atomic E-state index is 0.116. The topological polar surface area (TPSA) is 55.1 Å². The molecule has 0 radical (unpaired) electrons. The van der Waals surface area contributed by atoms with Crippen molar-refractivity contribution in [2.24, 2.45) is 5.73 Å². The Morgan fingerprint density at radius 1 is 1.40 bits per heavy atom. The Kier molecular flexibility index (Phi) is 3.86. The molecular formula is C12H18N2O. The second kappa shape index (κ2) is 4.94. The van der Waals surface area contributed by atoms with E-state index in [1.807, 2.05) is 39.0 Å². The summed E-state index contributed by atoms with van der Waals surface area (Å²) in [5.74, 6) is -0.116. The van der Waals surface area contributed by atoms with Crippen LogP contribution in [0.2, 0.25) is 0 Å². The van der Waals surface area contributed by atoms with Crippen molar-refractivity contribution in [2.45, 2.75) is 33.2 Å². The minimum atomic E-state index is -0.427. The Morgan fingerprint density at radius 3 is 2.40 bits per heavy atom. The molecule has 1 aromatic rings. The number of carbonyl (C=O) groups is 1. The van der Waals surface area contributed by atoms with Gasteiger partial charge < -0.3 is 11.1 Å². The van der Waals surface area contributed by atoms with Crippen LogP contribution < -0.4 is 11.1 Å². The fourth-order valence-corrected chi connectivity index (χ4v) is 1.41. The highest BCUT2D eigenvalue weighted by Crippen LogP contribution is 2.19. The van der Waals surface area contributed by atoms with E-state index in [0.717, 1.165) is 16.8 Å². The van der Waals surface area contributed by atoms with E-state index in [2.05, 4.69) is 5.32 Å². The first-order chi connectivity index (χ1) is 7.06. The van der Waals surface area contributed by atoms with Gasteiger partial charge in [0.1, 0.15) is 0 Å². The van der Waals surface area contributed by atoms with Gasteiger partial charge in [-0.3, -0.25) is 4.79 Å². The molecule has 1 rings (SSSR count). The lowest BCUT2D eigenvalue weighted by atomic mass is 10.1. The van der Waals surface area contributed by atoms with Gasteiger partial charge in [-0.25, -0.2) is 0 Å². The van der Waals surface area contributed by atoms with E-state index in [1.165, 1.54) is 0 Å². The third-order valence-electron chi connectivity index (χ3n) is 2.51. The molecule has 1 aromatic carbocycles. The quantitative estimate of drug-likeness (QED) is 0.794. The normalized spacial score (nSPS) is 12.3. The van der Waals surface area contributed by atoms with E-state index in [9.17, 15) is 4.79 Å². The second-order valence-electron chi connectivity index (χ2n) is 3.77. The molecule has 3 nitrogen and oxygen atoms in total. The van der Waals surface area contributed by atoms with Crippen LogP contribution >= 0.6 is 0 Å². The number of anilines is 1. The molecule has 3 N–H and O–H groups in total. The van der Waals surface area contributed by atoms with Gasteiger partial charge in [0, 0.05) is 5.69 Å². The first kappa shape index (κ1) is 11.7. The Balaban J connectivity index is 2.85. The van der Waals surface area contributed by atoms with Crippen molar-refractivity contribution in [1.29, 1.82) is 0 Å². The monoisotopic (exact) mass is 206 g/mol. The number of aryl methyl sites for hydroxylation is 2. The molecule has 0 unspecified atom stereocenters. The number of nitrogens with two attached hydrogens (primary N) is 1. The predicted octanol–water partition coefficient (Wildman–Crippen LogP) is 1.98. The molecule has 0 aliphatic heterocycles. The van der Waals surface area contributed by atoms with E-state index in [4.69, 9.17) is 5.73 Å². The zero-order chi connectivity index (χ0) is 11.4. The number of hydrogen-bond donors (Lipinski definition) is 2. The number of rotatable bonds is 3. The van der Waals surface area contributed by atoms with Gasteiger partial charge in [-0.05, 0) is 31.4 Å². The van der Waals surface area contributed by atoms with Crippen LogP contribution in [0.25, 0.3) is 0 Å². The number of para-hydroxylation sites is 1. The molecule has 0 saturated heterocycles. The highest BCUT2D eigenvalue weighted by Gasteiger charge is 2.12. The predicted molar refractivity (Wildman–Crippen MR) is 62.8 cm³/mol. The van der Waals surface area contributed by atoms with E-state index in [0.29, 0.717) is 6.42 Å². The van der Waals surface area contributed by atoms with E-state index in [-0.39, 0.29) is 5.91 Å².